The number of thiazole rings is 1. The van der Waals surface area contributed by atoms with Gasteiger partial charge in [-0.2, -0.15) is 0 Å². The largest absolute Gasteiger partial charge is 0.296 e. The summed E-state index contributed by atoms with van der Waals surface area (Å²) in [7, 11) is 3.02. The summed E-state index contributed by atoms with van der Waals surface area (Å²) in [6.45, 7) is 2.12. The number of rotatable bonds is 4. The fourth-order valence-corrected chi connectivity index (χ4v) is 2.43. The van der Waals surface area contributed by atoms with Gasteiger partial charge in [0.2, 0.25) is 0 Å². The van der Waals surface area contributed by atoms with Crippen LogP contribution in [0, 0.1) is 0 Å². The maximum atomic E-state index is 11.9. The quantitative estimate of drug-likeness (QED) is 0.806. The van der Waals surface area contributed by atoms with Crippen molar-refractivity contribution in [2.24, 2.45) is 0 Å². The van der Waals surface area contributed by atoms with Gasteiger partial charge in [-0.15, -0.1) is 11.3 Å². The van der Waals surface area contributed by atoms with E-state index in [1.165, 1.54) is 29.1 Å². The van der Waals surface area contributed by atoms with E-state index in [0.29, 0.717) is 5.69 Å². The standard InChI is InChI=1S/C14H16N2O2S/c1-4-10-5-7-11(8-6-10)13-15-12(9-19-13)14(17)16(2)18-3/h5-9H,4H2,1-3H3. The Labute approximate surface area is 116 Å². The minimum atomic E-state index is -0.241. The molecule has 2 aromatic rings. The Balaban J connectivity index is 2.22. The van der Waals surface area contributed by atoms with Gasteiger partial charge < -0.3 is 0 Å². The van der Waals surface area contributed by atoms with Crippen molar-refractivity contribution in [2.45, 2.75) is 13.3 Å². The second-order valence-electron chi connectivity index (χ2n) is 4.07. The van der Waals surface area contributed by atoms with Crippen molar-refractivity contribution in [1.29, 1.82) is 0 Å². The molecule has 2 rings (SSSR count). The number of hydrogen-bond donors (Lipinski definition) is 0. The minimum Gasteiger partial charge on any atom is -0.274 e. The minimum absolute atomic E-state index is 0.241. The van der Waals surface area contributed by atoms with Gasteiger partial charge in [0, 0.05) is 18.0 Å². The van der Waals surface area contributed by atoms with Gasteiger partial charge in [0.15, 0.2) is 0 Å². The highest BCUT2D eigenvalue weighted by molar-refractivity contribution is 7.13. The second-order valence-corrected chi connectivity index (χ2v) is 4.93. The van der Waals surface area contributed by atoms with Crippen molar-refractivity contribution in [3.63, 3.8) is 0 Å². The molecule has 1 aromatic carbocycles. The number of carbonyl (C=O) groups is 1. The topological polar surface area (TPSA) is 42.4 Å². The second kappa shape index (κ2) is 5.95. The summed E-state index contributed by atoms with van der Waals surface area (Å²) in [5, 5.41) is 3.76. The summed E-state index contributed by atoms with van der Waals surface area (Å²) in [6, 6.07) is 8.23. The Hall–Kier alpha value is -1.72. The zero-order valence-electron chi connectivity index (χ0n) is 11.2. The van der Waals surface area contributed by atoms with E-state index in [-0.39, 0.29) is 5.91 Å². The molecule has 19 heavy (non-hydrogen) atoms. The maximum absolute atomic E-state index is 11.9. The predicted molar refractivity (Wildman–Crippen MR) is 76.0 cm³/mol. The van der Waals surface area contributed by atoms with Gasteiger partial charge >= 0.3 is 0 Å². The molecule has 1 amide bonds. The van der Waals surface area contributed by atoms with Crippen LogP contribution in [0.15, 0.2) is 29.6 Å². The van der Waals surface area contributed by atoms with Gasteiger partial charge in [0.25, 0.3) is 5.91 Å². The number of benzene rings is 1. The summed E-state index contributed by atoms with van der Waals surface area (Å²) < 4.78 is 0. The molecule has 0 atom stereocenters. The summed E-state index contributed by atoms with van der Waals surface area (Å²) in [6.07, 6.45) is 1.01. The first-order valence-corrected chi connectivity index (χ1v) is 6.90. The maximum Gasteiger partial charge on any atom is 0.296 e. The van der Waals surface area contributed by atoms with Crippen LogP contribution in [0.2, 0.25) is 0 Å². The summed E-state index contributed by atoms with van der Waals surface area (Å²) >= 11 is 1.46. The lowest BCUT2D eigenvalue weighted by molar-refractivity contribution is -0.0760. The molecule has 0 bridgehead atoms. The van der Waals surface area contributed by atoms with Crippen LogP contribution in [0.3, 0.4) is 0 Å². The third-order valence-electron chi connectivity index (χ3n) is 2.89. The molecule has 0 saturated carbocycles. The molecule has 0 aliphatic carbocycles. The van der Waals surface area contributed by atoms with Crippen LogP contribution in [-0.4, -0.2) is 30.1 Å². The van der Waals surface area contributed by atoms with Crippen LogP contribution in [0.5, 0.6) is 0 Å². The zero-order valence-corrected chi connectivity index (χ0v) is 12.0. The molecule has 4 nitrogen and oxygen atoms in total. The number of amides is 1. The SMILES string of the molecule is CCc1ccc(-c2nc(C(=O)N(C)OC)cs2)cc1. The van der Waals surface area contributed by atoms with Crippen molar-refractivity contribution >= 4 is 17.2 Å². The highest BCUT2D eigenvalue weighted by Gasteiger charge is 2.15. The lowest BCUT2D eigenvalue weighted by Gasteiger charge is -2.11. The summed E-state index contributed by atoms with van der Waals surface area (Å²) in [4.78, 5) is 21.1. The van der Waals surface area contributed by atoms with E-state index in [4.69, 9.17) is 4.84 Å². The van der Waals surface area contributed by atoms with Crippen molar-refractivity contribution in [3.8, 4) is 10.6 Å². The molecule has 0 N–H and O–H groups in total. The van der Waals surface area contributed by atoms with Crippen LogP contribution in [0.25, 0.3) is 10.6 Å². The Kier molecular flexibility index (Phi) is 4.29. The van der Waals surface area contributed by atoms with Crippen LogP contribution in [0.1, 0.15) is 23.0 Å². The van der Waals surface area contributed by atoms with Gasteiger partial charge in [-0.25, -0.2) is 10.0 Å². The molecule has 0 spiro atoms. The first-order valence-electron chi connectivity index (χ1n) is 6.02. The fourth-order valence-electron chi connectivity index (χ4n) is 1.63. The number of carbonyl (C=O) groups excluding carboxylic acids is 1. The van der Waals surface area contributed by atoms with E-state index in [2.05, 4.69) is 24.0 Å². The van der Waals surface area contributed by atoms with Crippen molar-refractivity contribution in [2.75, 3.05) is 14.2 Å². The fraction of sp³-hybridized carbons (Fsp3) is 0.286. The predicted octanol–water partition coefficient (Wildman–Crippen LogP) is 3.01. The summed E-state index contributed by atoms with van der Waals surface area (Å²) in [5.41, 5.74) is 2.72. The van der Waals surface area contributed by atoms with E-state index in [9.17, 15) is 4.79 Å². The molecule has 0 radical (unpaired) electrons. The number of hydroxylamine groups is 2. The van der Waals surface area contributed by atoms with Crippen LogP contribution in [-0.2, 0) is 11.3 Å². The highest BCUT2D eigenvalue weighted by Crippen LogP contribution is 2.24. The lowest BCUT2D eigenvalue weighted by atomic mass is 10.1. The Morgan fingerprint density at radius 3 is 2.63 bits per heavy atom. The molecule has 1 heterocycles. The third kappa shape index (κ3) is 3.00. The van der Waals surface area contributed by atoms with E-state index in [1.54, 1.807) is 12.4 Å². The average molecular weight is 276 g/mol. The molecule has 0 aliphatic rings. The Bertz CT molecular complexity index is 563. The third-order valence-corrected chi connectivity index (χ3v) is 3.78. The van der Waals surface area contributed by atoms with Gasteiger partial charge in [-0.05, 0) is 12.0 Å². The monoisotopic (exact) mass is 276 g/mol. The molecule has 0 aliphatic heterocycles. The summed E-state index contributed by atoms with van der Waals surface area (Å²) in [5.74, 6) is -0.241. The molecule has 0 fully saturated rings. The number of aryl methyl sites for hydroxylation is 1. The number of aromatic nitrogens is 1. The molecular weight excluding hydrogens is 260 g/mol. The van der Waals surface area contributed by atoms with Gasteiger partial charge in [0.05, 0.1) is 7.11 Å². The van der Waals surface area contributed by atoms with Crippen molar-refractivity contribution in [3.05, 3.63) is 40.9 Å². The first kappa shape index (κ1) is 13.7. The van der Waals surface area contributed by atoms with Crippen molar-refractivity contribution < 1.29 is 9.63 Å². The van der Waals surface area contributed by atoms with Gasteiger partial charge in [-0.1, -0.05) is 31.2 Å². The normalized spacial score (nSPS) is 10.5. The molecule has 5 heteroatoms. The van der Waals surface area contributed by atoms with Gasteiger partial charge in [-0.3, -0.25) is 9.63 Å². The lowest BCUT2D eigenvalue weighted by Crippen LogP contribution is -2.25. The molecule has 0 saturated heterocycles. The van der Waals surface area contributed by atoms with E-state index in [1.807, 2.05) is 12.1 Å². The molecule has 1 aromatic heterocycles. The molecule has 0 unspecified atom stereocenters. The van der Waals surface area contributed by atoms with Crippen LogP contribution >= 0.6 is 11.3 Å². The highest BCUT2D eigenvalue weighted by atomic mass is 32.1. The average Bonchev–Trinajstić information content (AvgIpc) is 2.95. The van der Waals surface area contributed by atoms with E-state index in [0.717, 1.165) is 17.0 Å². The van der Waals surface area contributed by atoms with E-state index >= 15 is 0 Å². The zero-order chi connectivity index (χ0) is 13.8. The number of nitrogens with zero attached hydrogens (tertiary/aromatic N) is 2. The van der Waals surface area contributed by atoms with Crippen LogP contribution in [0.4, 0.5) is 0 Å². The molecular formula is C14H16N2O2S. The van der Waals surface area contributed by atoms with Crippen molar-refractivity contribution in [1.82, 2.24) is 10.0 Å². The van der Waals surface area contributed by atoms with Crippen LogP contribution < -0.4 is 0 Å². The van der Waals surface area contributed by atoms with Gasteiger partial charge in [0.1, 0.15) is 10.7 Å². The Morgan fingerprint density at radius 2 is 2.05 bits per heavy atom. The smallest absolute Gasteiger partial charge is 0.274 e. The van der Waals surface area contributed by atoms with E-state index < -0.39 is 0 Å². The molecule has 100 valence electrons. The number of hydrogen-bond acceptors (Lipinski definition) is 4. The Morgan fingerprint density at radius 1 is 1.37 bits per heavy atom. The first-order chi connectivity index (χ1) is 9.15.